The molecule has 1 amide bonds. The molecule has 1 aliphatic rings. The highest BCUT2D eigenvalue weighted by atomic mass is 35.5. The molecule has 1 fully saturated rings. The van der Waals surface area contributed by atoms with Gasteiger partial charge in [0, 0.05) is 6.54 Å². The number of phenolic OH excluding ortho intramolecular Hbond substituents is 1. The molecule has 0 aromatic heterocycles. The van der Waals surface area contributed by atoms with Crippen LogP contribution in [0.1, 0.15) is 36.9 Å². The summed E-state index contributed by atoms with van der Waals surface area (Å²) in [6.07, 6.45) is 1.53. The number of benzene rings is 2. The number of nitrogens with zero attached hydrogens (tertiary/aromatic N) is 1. The van der Waals surface area contributed by atoms with Crippen LogP contribution in [0.4, 0.5) is 0 Å². The highest BCUT2D eigenvalue weighted by Crippen LogP contribution is 2.42. The molecule has 1 saturated heterocycles. The minimum absolute atomic E-state index is 0.0302. The number of halogens is 1. The van der Waals surface area contributed by atoms with Crippen LogP contribution in [0.25, 0.3) is 5.76 Å². The zero-order valence-electron chi connectivity index (χ0n) is 16.2. The Kier molecular flexibility index (Phi) is 6.13. The number of methoxy groups -OCH3 is 1. The first-order valence-electron chi connectivity index (χ1n) is 9.30. The van der Waals surface area contributed by atoms with Gasteiger partial charge in [-0.3, -0.25) is 9.59 Å². The summed E-state index contributed by atoms with van der Waals surface area (Å²) >= 11 is 6.07. The van der Waals surface area contributed by atoms with Crippen LogP contribution in [0.3, 0.4) is 0 Å². The molecule has 0 bridgehead atoms. The lowest BCUT2D eigenvalue weighted by molar-refractivity contribution is -0.139. The van der Waals surface area contributed by atoms with Crippen LogP contribution in [-0.2, 0) is 9.59 Å². The summed E-state index contributed by atoms with van der Waals surface area (Å²) in [5.74, 6) is -1.48. The van der Waals surface area contributed by atoms with Crippen LogP contribution in [0.2, 0.25) is 5.02 Å². The molecule has 1 heterocycles. The minimum Gasteiger partial charge on any atom is -0.507 e. The Morgan fingerprint density at radius 3 is 2.59 bits per heavy atom. The van der Waals surface area contributed by atoms with Gasteiger partial charge in [-0.1, -0.05) is 43.1 Å². The van der Waals surface area contributed by atoms with Gasteiger partial charge in [0.25, 0.3) is 11.7 Å². The zero-order chi connectivity index (χ0) is 21.1. The van der Waals surface area contributed by atoms with E-state index in [0.717, 1.165) is 6.42 Å². The van der Waals surface area contributed by atoms with Crippen molar-refractivity contribution in [2.24, 2.45) is 0 Å². The first-order chi connectivity index (χ1) is 13.9. The molecular formula is C22H22ClNO5. The third-order valence-corrected chi connectivity index (χ3v) is 5.24. The predicted octanol–water partition coefficient (Wildman–Crippen LogP) is 4.28. The fourth-order valence-electron chi connectivity index (χ4n) is 3.46. The molecule has 2 aromatic carbocycles. The maximum absolute atomic E-state index is 12.9. The number of ketones is 1. The molecule has 2 N–H and O–H groups in total. The van der Waals surface area contributed by atoms with Crippen molar-refractivity contribution in [3.8, 4) is 11.5 Å². The number of aliphatic hydroxyl groups is 1. The average molecular weight is 416 g/mol. The maximum atomic E-state index is 12.9. The fraction of sp³-hybridized carbons (Fsp3) is 0.273. The number of carbonyl (C=O) groups is 2. The largest absolute Gasteiger partial charge is 0.507 e. The number of amides is 1. The molecule has 0 radical (unpaired) electrons. The Morgan fingerprint density at radius 1 is 1.21 bits per heavy atom. The molecule has 0 aliphatic carbocycles. The van der Waals surface area contributed by atoms with Crippen molar-refractivity contribution < 1.29 is 24.5 Å². The number of rotatable bonds is 6. The topological polar surface area (TPSA) is 87.1 Å². The SMILES string of the molecule is CCCCN1C(=O)C(=O)/C(=C(\O)c2ccccc2OC)C1c1ccc(O)c(Cl)c1. The summed E-state index contributed by atoms with van der Waals surface area (Å²) in [4.78, 5) is 27.1. The number of para-hydroxylation sites is 1. The van der Waals surface area contributed by atoms with Gasteiger partial charge in [-0.05, 0) is 36.2 Å². The van der Waals surface area contributed by atoms with Gasteiger partial charge in [0.1, 0.15) is 17.3 Å². The zero-order valence-corrected chi connectivity index (χ0v) is 16.9. The lowest BCUT2D eigenvalue weighted by atomic mass is 9.95. The second-order valence-corrected chi connectivity index (χ2v) is 7.16. The summed E-state index contributed by atoms with van der Waals surface area (Å²) in [5.41, 5.74) is 0.815. The number of Topliss-reactive ketones (excluding diaryl/α,β-unsaturated/α-hetero) is 1. The molecule has 29 heavy (non-hydrogen) atoms. The number of likely N-dealkylation sites (tertiary alicyclic amines) is 1. The van der Waals surface area contributed by atoms with E-state index in [1.54, 1.807) is 30.3 Å². The Labute approximate surface area is 174 Å². The van der Waals surface area contributed by atoms with Gasteiger partial charge in [-0.25, -0.2) is 0 Å². The van der Waals surface area contributed by atoms with Gasteiger partial charge >= 0.3 is 0 Å². The van der Waals surface area contributed by atoms with Gasteiger partial charge in [-0.15, -0.1) is 0 Å². The lowest BCUT2D eigenvalue weighted by Crippen LogP contribution is -2.30. The molecular weight excluding hydrogens is 394 g/mol. The van der Waals surface area contributed by atoms with E-state index in [1.165, 1.54) is 24.1 Å². The number of aromatic hydroxyl groups is 1. The number of hydrogen-bond donors (Lipinski definition) is 2. The van der Waals surface area contributed by atoms with E-state index in [9.17, 15) is 19.8 Å². The molecule has 1 atom stereocenters. The second-order valence-electron chi connectivity index (χ2n) is 6.76. The molecule has 1 aliphatic heterocycles. The van der Waals surface area contributed by atoms with Crippen LogP contribution in [-0.4, -0.2) is 40.5 Å². The van der Waals surface area contributed by atoms with Crippen molar-refractivity contribution in [1.82, 2.24) is 4.90 Å². The Balaban J connectivity index is 2.22. The highest BCUT2D eigenvalue weighted by molar-refractivity contribution is 6.46. The predicted molar refractivity (Wildman–Crippen MR) is 110 cm³/mol. The molecule has 2 aromatic rings. The Morgan fingerprint density at radius 2 is 1.93 bits per heavy atom. The molecule has 3 rings (SSSR count). The van der Waals surface area contributed by atoms with E-state index in [2.05, 4.69) is 0 Å². The van der Waals surface area contributed by atoms with Crippen molar-refractivity contribution in [3.63, 3.8) is 0 Å². The van der Waals surface area contributed by atoms with Crippen molar-refractivity contribution in [1.29, 1.82) is 0 Å². The standard InChI is InChI=1S/C22H22ClNO5/c1-3-4-11-24-19(13-9-10-16(25)15(23)12-13)18(21(27)22(24)28)20(26)14-7-5-6-8-17(14)29-2/h5-10,12,19,25-26H,3-4,11H2,1-2H3/b20-18-. The van der Waals surface area contributed by atoms with Crippen LogP contribution < -0.4 is 4.74 Å². The normalized spacial score (nSPS) is 18.3. The first kappa shape index (κ1) is 20.7. The van der Waals surface area contributed by atoms with Gasteiger partial charge in [0.15, 0.2) is 0 Å². The highest BCUT2D eigenvalue weighted by Gasteiger charge is 2.46. The number of aliphatic hydroxyl groups excluding tert-OH is 1. The molecule has 6 nitrogen and oxygen atoms in total. The van der Waals surface area contributed by atoms with E-state index in [0.29, 0.717) is 29.8 Å². The van der Waals surface area contributed by atoms with Gasteiger partial charge in [0.05, 0.1) is 29.3 Å². The summed E-state index contributed by atoms with van der Waals surface area (Å²) in [6, 6.07) is 10.4. The van der Waals surface area contributed by atoms with E-state index in [-0.39, 0.29) is 22.1 Å². The first-order valence-corrected chi connectivity index (χ1v) is 9.68. The van der Waals surface area contributed by atoms with Crippen molar-refractivity contribution in [3.05, 3.63) is 64.2 Å². The number of phenols is 1. The van der Waals surface area contributed by atoms with E-state index in [4.69, 9.17) is 16.3 Å². The monoisotopic (exact) mass is 415 g/mol. The van der Waals surface area contributed by atoms with E-state index < -0.39 is 17.7 Å². The molecule has 0 saturated carbocycles. The van der Waals surface area contributed by atoms with Crippen molar-refractivity contribution in [2.75, 3.05) is 13.7 Å². The Bertz CT molecular complexity index is 985. The Hall–Kier alpha value is -2.99. The third-order valence-electron chi connectivity index (χ3n) is 4.94. The third kappa shape index (κ3) is 3.80. The number of unbranched alkanes of at least 4 members (excludes halogenated alkanes) is 1. The van der Waals surface area contributed by atoms with Gasteiger partial charge in [0.2, 0.25) is 0 Å². The van der Waals surface area contributed by atoms with Gasteiger partial charge < -0.3 is 19.8 Å². The van der Waals surface area contributed by atoms with Crippen LogP contribution in [0.15, 0.2) is 48.0 Å². The molecule has 152 valence electrons. The van der Waals surface area contributed by atoms with Crippen LogP contribution in [0, 0.1) is 0 Å². The summed E-state index contributed by atoms with van der Waals surface area (Å²) < 4.78 is 5.30. The van der Waals surface area contributed by atoms with E-state index >= 15 is 0 Å². The van der Waals surface area contributed by atoms with Crippen LogP contribution in [0.5, 0.6) is 11.5 Å². The van der Waals surface area contributed by atoms with Crippen molar-refractivity contribution >= 4 is 29.1 Å². The quantitative estimate of drug-likeness (QED) is 0.418. The molecule has 1 unspecified atom stereocenters. The average Bonchev–Trinajstić information content (AvgIpc) is 2.98. The fourth-order valence-corrected chi connectivity index (χ4v) is 3.65. The minimum atomic E-state index is -0.815. The lowest BCUT2D eigenvalue weighted by Gasteiger charge is -2.25. The van der Waals surface area contributed by atoms with Crippen LogP contribution >= 0.6 is 11.6 Å². The summed E-state index contributed by atoms with van der Waals surface area (Å²) in [5, 5.41) is 20.9. The number of carbonyl (C=O) groups excluding carboxylic acids is 2. The second kappa shape index (κ2) is 8.57. The van der Waals surface area contributed by atoms with Gasteiger partial charge in [-0.2, -0.15) is 0 Å². The summed E-state index contributed by atoms with van der Waals surface area (Å²) in [6.45, 7) is 2.34. The van der Waals surface area contributed by atoms with Crippen molar-refractivity contribution in [2.45, 2.75) is 25.8 Å². The molecule has 7 heteroatoms. The smallest absolute Gasteiger partial charge is 0.295 e. The summed E-state index contributed by atoms with van der Waals surface area (Å²) in [7, 11) is 1.46. The number of ether oxygens (including phenoxy) is 1. The molecule has 0 spiro atoms. The number of hydrogen-bond acceptors (Lipinski definition) is 5. The maximum Gasteiger partial charge on any atom is 0.295 e. The van der Waals surface area contributed by atoms with E-state index in [1.807, 2.05) is 6.92 Å².